The van der Waals surface area contributed by atoms with Crippen LogP contribution in [0.4, 0.5) is 0 Å². The number of benzene rings is 2. The molecule has 2 aromatic rings. The molecule has 0 aliphatic heterocycles. The Morgan fingerprint density at radius 2 is 1.84 bits per heavy atom. The molecule has 0 saturated heterocycles. The highest BCUT2D eigenvalue weighted by molar-refractivity contribution is 6.31. The molecule has 0 aromatic heterocycles. The largest absolute Gasteiger partial charge is 0.487 e. The maximum Gasteiger partial charge on any atom is 0.137 e. The van der Waals surface area contributed by atoms with Crippen molar-refractivity contribution in [1.29, 1.82) is 10.5 Å². The van der Waals surface area contributed by atoms with E-state index in [2.05, 4.69) is 6.07 Å². The molecule has 3 nitrogen and oxygen atoms in total. The molecule has 0 unspecified atom stereocenters. The first kappa shape index (κ1) is 13.0. The Hall–Kier alpha value is -2.49. The predicted octanol–water partition coefficient (Wildman–Crippen LogP) is 3.66. The number of nitrogens with zero attached hydrogens (tertiary/aromatic N) is 2. The molecule has 2 aromatic carbocycles. The van der Waals surface area contributed by atoms with E-state index in [0.29, 0.717) is 21.9 Å². The molecule has 92 valence electrons. The smallest absolute Gasteiger partial charge is 0.137 e. The first-order valence-corrected chi connectivity index (χ1v) is 5.93. The monoisotopic (exact) mass is 268 g/mol. The van der Waals surface area contributed by atoms with E-state index in [-0.39, 0.29) is 6.61 Å². The van der Waals surface area contributed by atoms with Gasteiger partial charge in [-0.3, -0.25) is 0 Å². The van der Waals surface area contributed by atoms with Gasteiger partial charge in [0, 0.05) is 10.6 Å². The van der Waals surface area contributed by atoms with Gasteiger partial charge in [-0.1, -0.05) is 29.8 Å². The summed E-state index contributed by atoms with van der Waals surface area (Å²) in [7, 11) is 0. The van der Waals surface area contributed by atoms with E-state index in [1.165, 1.54) is 0 Å². The van der Waals surface area contributed by atoms with Gasteiger partial charge in [0.15, 0.2) is 0 Å². The van der Waals surface area contributed by atoms with Gasteiger partial charge in [-0.05, 0) is 24.3 Å². The van der Waals surface area contributed by atoms with E-state index in [1.807, 2.05) is 6.07 Å². The summed E-state index contributed by atoms with van der Waals surface area (Å²) in [5, 5.41) is 18.2. The topological polar surface area (TPSA) is 56.8 Å². The van der Waals surface area contributed by atoms with Crippen LogP contribution < -0.4 is 4.74 Å². The van der Waals surface area contributed by atoms with E-state index in [1.54, 1.807) is 42.5 Å². The molecule has 0 N–H and O–H groups in total. The van der Waals surface area contributed by atoms with Gasteiger partial charge in [-0.25, -0.2) is 0 Å². The van der Waals surface area contributed by atoms with Crippen molar-refractivity contribution in [2.75, 3.05) is 0 Å². The molecule has 0 amide bonds. The van der Waals surface area contributed by atoms with E-state index < -0.39 is 0 Å². The van der Waals surface area contributed by atoms with Crippen LogP contribution in [-0.2, 0) is 6.61 Å². The molecule has 0 heterocycles. The van der Waals surface area contributed by atoms with Crippen LogP contribution in [0.25, 0.3) is 0 Å². The van der Waals surface area contributed by atoms with Gasteiger partial charge in [-0.15, -0.1) is 0 Å². The van der Waals surface area contributed by atoms with Crippen molar-refractivity contribution in [2.45, 2.75) is 6.61 Å². The lowest BCUT2D eigenvalue weighted by atomic mass is 10.1. The van der Waals surface area contributed by atoms with E-state index in [4.69, 9.17) is 26.9 Å². The molecule has 0 aliphatic rings. The lowest BCUT2D eigenvalue weighted by molar-refractivity contribution is 0.305. The standard InChI is InChI=1S/C15H9ClN2O/c16-14-7-11(8-17)5-6-13(14)10-19-15-4-2-1-3-12(15)9-18/h1-7H,10H2. The zero-order valence-corrected chi connectivity index (χ0v) is 10.7. The van der Waals surface area contributed by atoms with Gasteiger partial charge in [0.25, 0.3) is 0 Å². The summed E-state index contributed by atoms with van der Waals surface area (Å²) in [6, 6.07) is 16.1. The van der Waals surface area contributed by atoms with E-state index in [9.17, 15) is 0 Å². The zero-order chi connectivity index (χ0) is 13.7. The van der Waals surface area contributed by atoms with Gasteiger partial charge < -0.3 is 4.74 Å². The number of para-hydroxylation sites is 1. The Morgan fingerprint density at radius 3 is 2.53 bits per heavy atom. The average Bonchev–Trinajstić information content (AvgIpc) is 2.46. The van der Waals surface area contributed by atoms with Gasteiger partial charge in [0.05, 0.1) is 17.2 Å². The molecule has 0 fully saturated rings. The third-order valence-corrected chi connectivity index (χ3v) is 2.92. The van der Waals surface area contributed by atoms with Gasteiger partial charge in [0.1, 0.15) is 18.4 Å². The first-order chi connectivity index (χ1) is 9.24. The highest BCUT2D eigenvalue weighted by Gasteiger charge is 2.05. The van der Waals surface area contributed by atoms with Crippen LogP contribution in [0.2, 0.25) is 5.02 Å². The Bertz CT molecular complexity index is 683. The summed E-state index contributed by atoms with van der Waals surface area (Å²) in [5.41, 5.74) is 1.76. The van der Waals surface area contributed by atoms with Crippen molar-refractivity contribution in [3.8, 4) is 17.9 Å². The summed E-state index contributed by atoms with van der Waals surface area (Å²) < 4.78 is 5.58. The second-order valence-electron chi connectivity index (χ2n) is 3.81. The molecule has 2 rings (SSSR count). The van der Waals surface area contributed by atoms with Crippen LogP contribution in [0, 0.1) is 22.7 Å². The SMILES string of the molecule is N#Cc1ccc(COc2ccccc2C#N)c(Cl)c1. The van der Waals surface area contributed by atoms with Crippen molar-refractivity contribution in [1.82, 2.24) is 0 Å². The van der Waals surface area contributed by atoms with Crippen molar-refractivity contribution in [3.05, 3.63) is 64.2 Å². The molecule has 4 heteroatoms. The van der Waals surface area contributed by atoms with Crippen molar-refractivity contribution >= 4 is 11.6 Å². The number of hydrogen-bond donors (Lipinski definition) is 0. The van der Waals surface area contributed by atoms with Gasteiger partial charge in [0.2, 0.25) is 0 Å². The number of nitriles is 2. The molecule has 0 radical (unpaired) electrons. The molecular formula is C15H9ClN2O. The first-order valence-electron chi connectivity index (χ1n) is 5.55. The van der Waals surface area contributed by atoms with E-state index >= 15 is 0 Å². The summed E-state index contributed by atoms with van der Waals surface area (Å²) in [4.78, 5) is 0. The summed E-state index contributed by atoms with van der Waals surface area (Å²) in [6.45, 7) is 0.253. The Labute approximate surface area is 116 Å². The fourth-order valence-electron chi connectivity index (χ4n) is 1.57. The minimum atomic E-state index is 0.253. The number of hydrogen-bond acceptors (Lipinski definition) is 3. The fraction of sp³-hybridized carbons (Fsp3) is 0.0667. The maximum atomic E-state index is 8.95. The second-order valence-corrected chi connectivity index (χ2v) is 4.22. The van der Waals surface area contributed by atoms with Gasteiger partial charge in [-0.2, -0.15) is 10.5 Å². The average molecular weight is 269 g/mol. The highest BCUT2D eigenvalue weighted by Crippen LogP contribution is 2.22. The van der Waals surface area contributed by atoms with Crippen molar-refractivity contribution in [2.24, 2.45) is 0 Å². The minimum Gasteiger partial charge on any atom is -0.487 e. The molecular weight excluding hydrogens is 260 g/mol. The van der Waals surface area contributed by atoms with Crippen molar-refractivity contribution in [3.63, 3.8) is 0 Å². The molecule has 0 spiro atoms. The van der Waals surface area contributed by atoms with Crippen molar-refractivity contribution < 1.29 is 4.74 Å². The van der Waals surface area contributed by atoms with Crippen LogP contribution >= 0.6 is 11.6 Å². The molecule has 0 aliphatic carbocycles. The fourth-order valence-corrected chi connectivity index (χ4v) is 1.81. The summed E-state index contributed by atoms with van der Waals surface area (Å²) in [5.74, 6) is 0.519. The number of ether oxygens (including phenoxy) is 1. The lowest BCUT2D eigenvalue weighted by Gasteiger charge is -2.09. The normalized spacial score (nSPS) is 9.42. The number of rotatable bonds is 3. The van der Waals surface area contributed by atoms with Crippen LogP contribution in [0.3, 0.4) is 0 Å². The minimum absolute atomic E-state index is 0.253. The third-order valence-electron chi connectivity index (χ3n) is 2.57. The lowest BCUT2D eigenvalue weighted by Crippen LogP contribution is -1.98. The van der Waals surface area contributed by atoms with Crippen LogP contribution in [0.5, 0.6) is 5.75 Å². The Kier molecular flexibility index (Phi) is 4.03. The van der Waals surface area contributed by atoms with Crippen LogP contribution in [-0.4, -0.2) is 0 Å². The van der Waals surface area contributed by atoms with E-state index in [0.717, 1.165) is 5.56 Å². The Balaban J connectivity index is 2.16. The quantitative estimate of drug-likeness (QED) is 0.853. The van der Waals surface area contributed by atoms with Crippen LogP contribution in [0.1, 0.15) is 16.7 Å². The summed E-state index contributed by atoms with van der Waals surface area (Å²) >= 11 is 6.05. The third kappa shape index (κ3) is 3.04. The zero-order valence-electron chi connectivity index (χ0n) is 9.93. The Morgan fingerprint density at radius 1 is 1.05 bits per heavy atom. The maximum absolute atomic E-state index is 8.95. The predicted molar refractivity (Wildman–Crippen MR) is 71.7 cm³/mol. The molecule has 0 bridgehead atoms. The number of halogens is 1. The summed E-state index contributed by atoms with van der Waals surface area (Å²) in [6.07, 6.45) is 0. The van der Waals surface area contributed by atoms with Gasteiger partial charge >= 0.3 is 0 Å². The second kappa shape index (κ2) is 5.91. The molecule has 19 heavy (non-hydrogen) atoms. The molecule has 0 saturated carbocycles. The highest BCUT2D eigenvalue weighted by atomic mass is 35.5. The molecule has 0 atom stereocenters. The van der Waals surface area contributed by atoms with Crippen LogP contribution in [0.15, 0.2) is 42.5 Å².